The molecule has 12 heteroatoms. The Bertz CT molecular complexity index is 1830. The van der Waals surface area contributed by atoms with Crippen LogP contribution in [0.15, 0.2) is 72.8 Å². The predicted molar refractivity (Wildman–Crippen MR) is 216 cm³/mol. The van der Waals surface area contributed by atoms with Gasteiger partial charge in [-0.3, -0.25) is 0 Å². The van der Waals surface area contributed by atoms with E-state index in [1.54, 1.807) is 41.5 Å². The third kappa shape index (κ3) is 10.2. The Morgan fingerprint density at radius 2 is 1.09 bits per heavy atom. The predicted octanol–water partition coefficient (Wildman–Crippen LogP) is 8.73. The fraction of sp³-hybridized carbons (Fsp3) is 0.488. The van der Waals surface area contributed by atoms with Gasteiger partial charge in [0.2, 0.25) is 0 Å². The molecule has 0 radical (unpaired) electrons. The second-order valence-corrected chi connectivity index (χ2v) is 18.9. The number of carbonyl (C=O) groups excluding carboxylic acids is 4. The minimum atomic E-state index is -1.04. The van der Waals surface area contributed by atoms with E-state index in [0.29, 0.717) is 11.8 Å². The molecule has 0 saturated heterocycles. The maximum atomic E-state index is 13.3. The molecule has 0 aromatic heterocycles. The summed E-state index contributed by atoms with van der Waals surface area (Å²) in [6.07, 6.45) is 1.98. The van der Waals surface area contributed by atoms with Crippen molar-refractivity contribution in [2.75, 3.05) is 24.7 Å². The molecule has 0 spiro atoms. The third-order valence-electron chi connectivity index (χ3n) is 10.1. The lowest BCUT2D eigenvalue weighted by Crippen LogP contribution is -2.46. The zero-order chi connectivity index (χ0) is 39.3. The van der Waals surface area contributed by atoms with E-state index >= 15 is 0 Å². The Hall–Kier alpha value is -4.16. The molecule has 55 heavy (non-hydrogen) atoms. The molecule has 2 amide bonds. The SMILES string of the molecule is CC(C)(C)OC(=O)[C@H](CSSC[C@H](NC(=O)OC[C@@H]1c2ccccc2[C@@H]2CCC[C@@H]12)C(=O)OC(C)(C)C)NC(=O)OCC1c2ccccc2-c2ccccc21. The average Bonchev–Trinajstić information content (AvgIpc) is 3.81. The largest absolute Gasteiger partial charge is 0.458 e. The van der Waals surface area contributed by atoms with Gasteiger partial charge in [-0.1, -0.05) is 101 Å². The van der Waals surface area contributed by atoms with Crippen molar-refractivity contribution in [1.82, 2.24) is 10.6 Å². The Kier molecular flexibility index (Phi) is 12.8. The lowest BCUT2D eigenvalue weighted by molar-refractivity contribution is -0.157. The minimum absolute atomic E-state index is 0.0939. The lowest BCUT2D eigenvalue weighted by atomic mass is 9.90. The highest BCUT2D eigenvalue weighted by atomic mass is 33.1. The summed E-state index contributed by atoms with van der Waals surface area (Å²) in [5, 5.41) is 5.43. The molecule has 1 saturated carbocycles. The highest BCUT2D eigenvalue weighted by Gasteiger charge is 2.43. The number of nitrogens with one attached hydrogen (secondary N) is 2. The molecule has 3 aliphatic carbocycles. The van der Waals surface area contributed by atoms with Gasteiger partial charge in [-0.25, -0.2) is 19.2 Å². The van der Waals surface area contributed by atoms with Crippen LogP contribution in [-0.2, 0) is 28.5 Å². The van der Waals surface area contributed by atoms with Crippen LogP contribution in [0.2, 0.25) is 0 Å². The number of fused-ring (bicyclic) bond motifs is 6. The van der Waals surface area contributed by atoms with E-state index in [-0.39, 0.29) is 36.6 Å². The molecule has 5 atom stereocenters. The summed E-state index contributed by atoms with van der Waals surface area (Å²) in [7, 11) is 2.51. The van der Waals surface area contributed by atoms with Gasteiger partial charge in [0.25, 0.3) is 0 Å². The first-order valence-corrected chi connectivity index (χ1v) is 21.5. The summed E-state index contributed by atoms with van der Waals surface area (Å²) in [6.45, 7) is 10.9. The van der Waals surface area contributed by atoms with Crippen LogP contribution >= 0.6 is 21.6 Å². The second kappa shape index (κ2) is 17.3. The number of ether oxygens (including phenoxy) is 4. The van der Waals surface area contributed by atoms with Crippen molar-refractivity contribution in [2.24, 2.45) is 5.92 Å². The molecule has 0 unspecified atom stereocenters. The summed E-state index contributed by atoms with van der Waals surface area (Å²) in [5.41, 5.74) is 5.41. The molecule has 0 aliphatic heterocycles. The third-order valence-corrected chi connectivity index (χ3v) is 12.6. The molecule has 3 aliphatic rings. The number of carbonyl (C=O) groups is 4. The van der Waals surface area contributed by atoms with Gasteiger partial charge < -0.3 is 29.6 Å². The fourth-order valence-corrected chi connectivity index (χ4v) is 10.2. The Balaban J connectivity index is 1.04. The summed E-state index contributed by atoms with van der Waals surface area (Å²) >= 11 is 0. The minimum Gasteiger partial charge on any atom is -0.458 e. The molecule has 0 bridgehead atoms. The molecular formula is C43H52N2O8S2. The summed E-state index contributed by atoms with van der Waals surface area (Å²) in [4.78, 5) is 52.9. The normalized spacial score (nSPS) is 19.6. The van der Waals surface area contributed by atoms with Crippen molar-refractivity contribution in [3.8, 4) is 11.1 Å². The molecule has 6 rings (SSSR count). The van der Waals surface area contributed by atoms with E-state index in [1.807, 2.05) is 42.5 Å². The maximum Gasteiger partial charge on any atom is 0.407 e. The van der Waals surface area contributed by atoms with Crippen LogP contribution in [0.5, 0.6) is 0 Å². The van der Waals surface area contributed by atoms with E-state index in [1.165, 1.54) is 32.7 Å². The van der Waals surface area contributed by atoms with Crippen LogP contribution in [0.25, 0.3) is 11.1 Å². The number of alkyl carbamates (subject to hydrolysis) is 2. The topological polar surface area (TPSA) is 129 Å². The van der Waals surface area contributed by atoms with Crippen LogP contribution in [0.3, 0.4) is 0 Å². The van der Waals surface area contributed by atoms with E-state index in [2.05, 4.69) is 41.0 Å². The first kappa shape index (κ1) is 40.5. The molecule has 294 valence electrons. The lowest BCUT2D eigenvalue weighted by Gasteiger charge is -2.25. The van der Waals surface area contributed by atoms with Gasteiger partial charge in [0.05, 0.1) is 0 Å². The molecule has 1 fully saturated rings. The van der Waals surface area contributed by atoms with Crippen molar-refractivity contribution < 1.29 is 38.1 Å². The first-order valence-electron chi connectivity index (χ1n) is 19.0. The zero-order valence-electron chi connectivity index (χ0n) is 32.4. The van der Waals surface area contributed by atoms with E-state index < -0.39 is 47.4 Å². The van der Waals surface area contributed by atoms with Gasteiger partial charge in [0.1, 0.15) is 36.5 Å². The molecule has 3 aromatic carbocycles. The second-order valence-electron chi connectivity index (χ2n) is 16.4. The van der Waals surface area contributed by atoms with E-state index in [4.69, 9.17) is 18.9 Å². The quantitative estimate of drug-likeness (QED) is 0.0751. The van der Waals surface area contributed by atoms with Gasteiger partial charge in [-0.15, -0.1) is 0 Å². The smallest absolute Gasteiger partial charge is 0.407 e. The average molecular weight is 789 g/mol. The molecule has 0 heterocycles. The van der Waals surface area contributed by atoms with Gasteiger partial charge in [-0.05, 0) is 99.6 Å². The van der Waals surface area contributed by atoms with Crippen molar-refractivity contribution in [3.63, 3.8) is 0 Å². The Labute approximate surface area is 331 Å². The summed E-state index contributed by atoms with van der Waals surface area (Å²) < 4.78 is 22.8. The van der Waals surface area contributed by atoms with Crippen molar-refractivity contribution in [2.45, 2.75) is 102 Å². The number of esters is 2. The standard InChI is InChI=1S/C43H52N2O8S2/c1-42(2,3)52-38(46)36(44-40(48)50-22-34-30-17-10-7-14-26(30)27-15-8-11-18-31(27)34)24-54-55-25-37(39(47)53-43(4,5)6)45-41(49)51-23-35-32-19-12-9-16-28(32)29-20-13-21-33(29)35/h7-12,14-19,29,33-37H,13,20-25H2,1-6H3,(H,44,48)(H,45,49)/t29-,33+,35+,36-,37-/m0/s1. The summed E-state index contributed by atoms with van der Waals surface area (Å²) in [6, 6.07) is 22.5. The fourth-order valence-electron chi connectivity index (χ4n) is 7.93. The van der Waals surface area contributed by atoms with Crippen molar-refractivity contribution >= 4 is 45.7 Å². The molecule has 3 aromatic rings. The van der Waals surface area contributed by atoms with Crippen molar-refractivity contribution in [1.29, 1.82) is 0 Å². The van der Waals surface area contributed by atoms with Crippen LogP contribution in [0.1, 0.15) is 101 Å². The van der Waals surface area contributed by atoms with E-state index in [9.17, 15) is 19.2 Å². The van der Waals surface area contributed by atoms with Crippen LogP contribution in [0.4, 0.5) is 9.59 Å². The van der Waals surface area contributed by atoms with Gasteiger partial charge in [0, 0.05) is 23.3 Å². The maximum absolute atomic E-state index is 13.3. The number of benzene rings is 3. The first-order chi connectivity index (χ1) is 26.2. The van der Waals surface area contributed by atoms with Crippen molar-refractivity contribution in [3.05, 3.63) is 95.1 Å². The molecular weight excluding hydrogens is 737 g/mol. The zero-order valence-corrected chi connectivity index (χ0v) is 34.1. The highest BCUT2D eigenvalue weighted by Crippen LogP contribution is 2.54. The molecule has 2 N–H and O–H groups in total. The number of hydrogen-bond acceptors (Lipinski definition) is 10. The number of amides is 2. The molecule has 10 nitrogen and oxygen atoms in total. The van der Waals surface area contributed by atoms with Crippen LogP contribution in [0, 0.1) is 5.92 Å². The highest BCUT2D eigenvalue weighted by molar-refractivity contribution is 8.76. The Morgan fingerprint density at radius 1 is 0.636 bits per heavy atom. The van der Waals surface area contributed by atoms with Crippen LogP contribution in [-0.4, -0.2) is 72.1 Å². The van der Waals surface area contributed by atoms with Gasteiger partial charge in [-0.2, -0.15) is 0 Å². The van der Waals surface area contributed by atoms with Gasteiger partial charge in [0.15, 0.2) is 0 Å². The Morgan fingerprint density at radius 3 is 1.60 bits per heavy atom. The monoisotopic (exact) mass is 788 g/mol. The van der Waals surface area contributed by atoms with Gasteiger partial charge >= 0.3 is 24.1 Å². The van der Waals surface area contributed by atoms with Crippen LogP contribution < -0.4 is 10.6 Å². The van der Waals surface area contributed by atoms with E-state index in [0.717, 1.165) is 41.5 Å². The number of rotatable bonds is 13. The summed E-state index contributed by atoms with van der Waals surface area (Å²) in [5.74, 6) is -0.0553. The number of hydrogen-bond donors (Lipinski definition) is 2.